The van der Waals surface area contributed by atoms with E-state index in [1.165, 1.54) is 36.7 Å². The number of likely N-dealkylation sites (N-methyl/N-ethyl adjacent to an activating group) is 1. The minimum absolute atomic E-state index is 0.0440. The number of nitrogens with one attached hydrogen (secondary N) is 1. The van der Waals surface area contributed by atoms with Crippen molar-refractivity contribution in [2.24, 2.45) is 0 Å². The normalized spacial score (nSPS) is 16.4. The average Bonchev–Trinajstić information content (AvgIpc) is 2.80. The van der Waals surface area contributed by atoms with Crippen LogP contribution in [0.3, 0.4) is 0 Å². The molecule has 180 valence electrons. The third kappa shape index (κ3) is 5.72. The van der Waals surface area contributed by atoms with Crippen LogP contribution < -0.4 is 10.1 Å². The fourth-order valence-electron chi connectivity index (χ4n) is 3.76. The average molecular weight is 496 g/mol. The zero-order valence-corrected chi connectivity index (χ0v) is 20.5. The number of ether oxygens (including phenoxy) is 1. The van der Waals surface area contributed by atoms with Crippen LogP contribution in [0.15, 0.2) is 53.4 Å². The molecule has 2 aromatic rings. The number of methoxy groups -OCH3 is 1. The van der Waals surface area contributed by atoms with Crippen LogP contribution in [0.25, 0.3) is 0 Å². The molecular weight excluding hydrogens is 466 g/mol. The van der Waals surface area contributed by atoms with Gasteiger partial charge in [-0.3, -0.25) is 4.79 Å². The van der Waals surface area contributed by atoms with Gasteiger partial charge in [-0.25, -0.2) is 16.8 Å². The van der Waals surface area contributed by atoms with Gasteiger partial charge in [-0.15, -0.1) is 0 Å². The molecule has 0 aliphatic carbocycles. The van der Waals surface area contributed by atoms with Crippen LogP contribution >= 0.6 is 0 Å². The van der Waals surface area contributed by atoms with E-state index < -0.39 is 32.0 Å². The van der Waals surface area contributed by atoms with Gasteiger partial charge in [0.2, 0.25) is 26.0 Å². The number of piperidine rings is 1. The molecule has 0 unspecified atom stereocenters. The number of carbonyl (C=O) groups excluding carboxylic acids is 1. The number of anilines is 1. The molecule has 1 N–H and O–H groups in total. The standard InChI is InChI=1S/C22H29N3O6S2/c1-24(32(3,27)28)21(17-10-6-4-7-11-17)22(26)23-18-12-13-19(31-2)20(16-18)33(29,30)25-14-8-5-9-15-25/h4,6-7,10-13,16,21H,5,8-9,14-15H2,1-3H3,(H,23,26)/t21-/m1/s1. The van der Waals surface area contributed by atoms with E-state index in [2.05, 4.69) is 5.32 Å². The zero-order chi connectivity index (χ0) is 24.2. The molecule has 1 aliphatic heterocycles. The molecule has 0 bridgehead atoms. The number of carbonyl (C=O) groups is 1. The Labute approximate surface area is 195 Å². The van der Waals surface area contributed by atoms with E-state index in [1.807, 2.05) is 0 Å². The second-order valence-electron chi connectivity index (χ2n) is 7.91. The van der Waals surface area contributed by atoms with E-state index in [0.29, 0.717) is 18.7 Å². The Hall–Kier alpha value is -2.47. The van der Waals surface area contributed by atoms with Gasteiger partial charge in [0.25, 0.3) is 0 Å². The first-order chi connectivity index (χ1) is 15.6. The first-order valence-corrected chi connectivity index (χ1v) is 13.8. The van der Waals surface area contributed by atoms with E-state index in [9.17, 15) is 21.6 Å². The summed E-state index contributed by atoms with van der Waals surface area (Å²) < 4.78 is 58.6. The maximum absolute atomic E-state index is 13.2. The van der Waals surface area contributed by atoms with Crippen LogP contribution in [0.4, 0.5) is 5.69 Å². The van der Waals surface area contributed by atoms with E-state index >= 15 is 0 Å². The van der Waals surface area contributed by atoms with E-state index in [1.54, 1.807) is 30.3 Å². The number of hydrogen-bond donors (Lipinski definition) is 1. The van der Waals surface area contributed by atoms with Crippen molar-refractivity contribution in [3.63, 3.8) is 0 Å². The summed E-state index contributed by atoms with van der Waals surface area (Å²) >= 11 is 0. The number of rotatable bonds is 8. The third-order valence-electron chi connectivity index (χ3n) is 5.61. The summed E-state index contributed by atoms with van der Waals surface area (Å²) in [6.45, 7) is 0.856. The van der Waals surface area contributed by atoms with Crippen molar-refractivity contribution in [1.29, 1.82) is 0 Å². The van der Waals surface area contributed by atoms with Crippen molar-refractivity contribution in [2.75, 3.05) is 38.8 Å². The Morgan fingerprint density at radius 2 is 1.67 bits per heavy atom. The molecule has 1 aliphatic rings. The lowest BCUT2D eigenvalue weighted by atomic mass is 10.1. The predicted molar refractivity (Wildman–Crippen MR) is 126 cm³/mol. The van der Waals surface area contributed by atoms with Crippen molar-refractivity contribution >= 4 is 31.6 Å². The molecule has 11 heteroatoms. The zero-order valence-electron chi connectivity index (χ0n) is 18.9. The van der Waals surface area contributed by atoms with Gasteiger partial charge in [0.15, 0.2) is 0 Å². The molecule has 0 radical (unpaired) electrons. The molecule has 1 amide bonds. The lowest BCUT2D eigenvalue weighted by Gasteiger charge is -2.27. The van der Waals surface area contributed by atoms with Crippen molar-refractivity contribution in [2.45, 2.75) is 30.2 Å². The molecule has 0 saturated carbocycles. The Bertz CT molecular complexity index is 1190. The molecule has 3 rings (SSSR count). The first-order valence-electron chi connectivity index (χ1n) is 10.5. The smallest absolute Gasteiger partial charge is 0.247 e. The van der Waals surface area contributed by atoms with Gasteiger partial charge in [-0.1, -0.05) is 36.8 Å². The fourth-order valence-corrected chi connectivity index (χ4v) is 6.06. The van der Waals surface area contributed by atoms with Crippen molar-refractivity contribution in [3.05, 3.63) is 54.1 Å². The van der Waals surface area contributed by atoms with Gasteiger partial charge in [0.1, 0.15) is 16.7 Å². The molecule has 0 aromatic heterocycles. The van der Waals surface area contributed by atoms with Gasteiger partial charge in [-0.2, -0.15) is 8.61 Å². The summed E-state index contributed by atoms with van der Waals surface area (Å²) in [7, 11) is -4.81. The molecule has 2 aromatic carbocycles. The number of hydrogen-bond acceptors (Lipinski definition) is 6. The maximum atomic E-state index is 13.2. The second-order valence-corrected chi connectivity index (χ2v) is 11.9. The predicted octanol–water partition coefficient (Wildman–Crippen LogP) is 2.44. The van der Waals surface area contributed by atoms with Gasteiger partial charge in [0, 0.05) is 25.8 Å². The second kappa shape index (κ2) is 10.2. The molecule has 1 heterocycles. The highest BCUT2D eigenvalue weighted by Crippen LogP contribution is 2.32. The number of sulfonamides is 2. The highest BCUT2D eigenvalue weighted by atomic mass is 32.2. The van der Waals surface area contributed by atoms with Crippen LogP contribution in [-0.4, -0.2) is 64.9 Å². The Morgan fingerprint density at radius 3 is 2.24 bits per heavy atom. The van der Waals surface area contributed by atoms with Gasteiger partial charge in [-0.05, 0) is 36.6 Å². The summed E-state index contributed by atoms with van der Waals surface area (Å²) in [4.78, 5) is 13.2. The lowest BCUT2D eigenvalue weighted by Crippen LogP contribution is -2.38. The molecule has 33 heavy (non-hydrogen) atoms. The van der Waals surface area contributed by atoms with Crippen LogP contribution in [0.2, 0.25) is 0 Å². The number of benzene rings is 2. The van der Waals surface area contributed by atoms with Crippen LogP contribution in [0.1, 0.15) is 30.9 Å². The van der Waals surface area contributed by atoms with Crippen LogP contribution in [0.5, 0.6) is 5.75 Å². The van der Waals surface area contributed by atoms with E-state index in [0.717, 1.165) is 29.8 Å². The minimum Gasteiger partial charge on any atom is -0.495 e. The number of amides is 1. The van der Waals surface area contributed by atoms with Crippen LogP contribution in [-0.2, 0) is 24.8 Å². The largest absolute Gasteiger partial charge is 0.495 e. The highest BCUT2D eigenvalue weighted by Gasteiger charge is 2.32. The Morgan fingerprint density at radius 1 is 1.03 bits per heavy atom. The SMILES string of the molecule is COc1ccc(NC(=O)[C@@H](c2ccccc2)N(C)S(C)(=O)=O)cc1S(=O)(=O)N1CCCCC1. The van der Waals surface area contributed by atoms with E-state index in [4.69, 9.17) is 4.74 Å². The molecule has 1 atom stereocenters. The Kier molecular flexibility index (Phi) is 7.78. The maximum Gasteiger partial charge on any atom is 0.247 e. The van der Waals surface area contributed by atoms with Gasteiger partial charge in [0.05, 0.1) is 13.4 Å². The highest BCUT2D eigenvalue weighted by molar-refractivity contribution is 7.89. The van der Waals surface area contributed by atoms with Gasteiger partial charge < -0.3 is 10.1 Å². The summed E-state index contributed by atoms with van der Waals surface area (Å²) in [5, 5.41) is 2.68. The molecule has 1 fully saturated rings. The van der Waals surface area contributed by atoms with Gasteiger partial charge >= 0.3 is 0 Å². The summed E-state index contributed by atoms with van der Waals surface area (Å²) in [6, 6.07) is 11.7. The van der Waals surface area contributed by atoms with Crippen molar-refractivity contribution in [3.8, 4) is 5.75 Å². The molecule has 9 nitrogen and oxygen atoms in total. The van der Waals surface area contributed by atoms with Crippen molar-refractivity contribution in [1.82, 2.24) is 8.61 Å². The Balaban J connectivity index is 1.96. The summed E-state index contributed by atoms with van der Waals surface area (Å²) in [6.07, 6.45) is 3.57. The van der Waals surface area contributed by atoms with E-state index in [-0.39, 0.29) is 16.3 Å². The summed E-state index contributed by atoms with van der Waals surface area (Å²) in [5.41, 5.74) is 0.705. The molecular formula is C22H29N3O6S2. The first kappa shape index (κ1) is 25.2. The molecule has 0 spiro atoms. The summed E-state index contributed by atoms with van der Waals surface area (Å²) in [5.74, 6) is -0.438. The van der Waals surface area contributed by atoms with Crippen LogP contribution in [0, 0.1) is 0 Å². The fraction of sp³-hybridized carbons (Fsp3) is 0.409. The quantitative estimate of drug-likeness (QED) is 0.602. The molecule has 1 saturated heterocycles. The topological polar surface area (TPSA) is 113 Å². The monoisotopic (exact) mass is 495 g/mol. The third-order valence-corrected chi connectivity index (χ3v) is 8.79. The lowest BCUT2D eigenvalue weighted by molar-refractivity contribution is -0.119. The number of nitrogens with zero attached hydrogens (tertiary/aromatic N) is 2. The minimum atomic E-state index is -3.82. The van der Waals surface area contributed by atoms with Crippen molar-refractivity contribution < 1.29 is 26.4 Å².